The summed E-state index contributed by atoms with van der Waals surface area (Å²) in [7, 11) is -4.05. The summed E-state index contributed by atoms with van der Waals surface area (Å²) in [5, 5.41) is 19.8. The van der Waals surface area contributed by atoms with Crippen LogP contribution in [0.3, 0.4) is 0 Å². The standard InChI is InChI=1S/C33H28F7N3O6S/c1-17-41-27(32(35,36)37)14-43(17)25-10-7-19(20-12-24(34)23(15-44)26(13-20)50(4,46)47)11-22(25)28-29(48-30(42-28)31(2,3)16-45)18-5-8-21(9-6-18)49-33(38,39)40/h5-14,44-45H,15-16H2,1-4H3. The molecule has 0 atom stereocenters. The number of sulfone groups is 1. The van der Waals surface area contributed by atoms with E-state index in [1.165, 1.54) is 37.3 Å². The molecule has 0 fully saturated rings. The minimum absolute atomic E-state index is 0.0147. The Labute approximate surface area is 280 Å². The molecular weight excluding hydrogens is 699 g/mol. The molecule has 2 heterocycles. The number of aryl methyl sites for hydroxylation is 1. The third-order valence-electron chi connectivity index (χ3n) is 7.68. The third kappa shape index (κ3) is 7.39. The largest absolute Gasteiger partial charge is 0.573 e. The highest BCUT2D eigenvalue weighted by atomic mass is 32.2. The van der Waals surface area contributed by atoms with Gasteiger partial charge in [-0.2, -0.15) is 13.2 Å². The average Bonchev–Trinajstić information content (AvgIpc) is 3.64. The maximum atomic E-state index is 15.2. The summed E-state index contributed by atoms with van der Waals surface area (Å²) in [5.41, 5.74) is -2.40. The molecule has 0 saturated heterocycles. The number of aromatic nitrogens is 3. The summed E-state index contributed by atoms with van der Waals surface area (Å²) in [6.07, 6.45) is -8.22. The second kappa shape index (κ2) is 12.9. The normalized spacial score (nSPS) is 12.8. The molecule has 2 aromatic heterocycles. The predicted octanol–water partition coefficient (Wildman–Crippen LogP) is 7.39. The summed E-state index contributed by atoms with van der Waals surface area (Å²) in [6, 6.07) is 10.8. The minimum Gasteiger partial charge on any atom is -0.439 e. The number of hydrogen-bond acceptors (Lipinski definition) is 8. The molecule has 0 spiro atoms. The number of benzene rings is 3. The van der Waals surface area contributed by atoms with Gasteiger partial charge in [0.2, 0.25) is 5.89 Å². The van der Waals surface area contributed by atoms with Crippen molar-refractivity contribution in [2.24, 2.45) is 0 Å². The Bertz CT molecular complexity index is 2170. The van der Waals surface area contributed by atoms with Crippen molar-refractivity contribution in [1.82, 2.24) is 14.5 Å². The fourth-order valence-electron chi connectivity index (χ4n) is 5.09. The SMILES string of the molecule is Cc1nc(C(F)(F)F)cn1-c1ccc(-c2cc(F)c(CO)c(S(C)(=O)=O)c2)cc1-c1nc(C(C)(C)CO)oc1-c1ccc(OC(F)(F)F)cc1. The molecule has 0 bridgehead atoms. The van der Waals surface area contributed by atoms with Crippen molar-refractivity contribution in [3.05, 3.63) is 89.6 Å². The molecule has 0 aliphatic rings. The van der Waals surface area contributed by atoms with Gasteiger partial charge in [-0.1, -0.05) is 6.07 Å². The quantitative estimate of drug-likeness (QED) is 0.151. The van der Waals surface area contributed by atoms with E-state index in [9.17, 15) is 45.0 Å². The molecule has 0 amide bonds. The van der Waals surface area contributed by atoms with Crippen LogP contribution < -0.4 is 4.74 Å². The smallest absolute Gasteiger partial charge is 0.439 e. The van der Waals surface area contributed by atoms with E-state index in [4.69, 9.17) is 4.42 Å². The van der Waals surface area contributed by atoms with Crippen molar-refractivity contribution < 1.29 is 58.5 Å². The molecule has 50 heavy (non-hydrogen) atoms. The zero-order valence-corrected chi connectivity index (χ0v) is 27.4. The highest BCUT2D eigenvalue weighted by Gasteiger charge is 2.36. The van der Waals surface area contributed by atoms with Gasteiger partial charge >= 0.3 is 12.5 Å². The van der Waals surface area contributed by atoms with Gasteiger partial charge in [-0.3, -0.25) is 0 Å². The molecule has 0 unspecified atom stereocenters. The second-order valence-corrected chi connectivity index (χ2v) is 13.9. The number of oxazole rings is 1. The highest BCUT2D eigenvalue weighted by molar-refractivity contribution is 7.90. The fourth-order valence-corrected chi connectivity index (χ4v) is 6.04. The third-order valence-corrected chi connectivity index (χ3v) is 8.84. The van der Waals surface area contributed by atoms with Crippen LogP contribution in [0.25, 0.3) is 39.4 Å². The number of imidazole rings is 1. The molecule has 0 radical (unpaired) electrons. The van der Waals surface area contributed by atoms with Crippen molar-refractivity contribution in [1.29, 1.82) is 0 Å². The van der Waals surface area contributed by atoms with Gasteiger partial charge in [0.05, 0.1) is 29.2 Å². The minimum atomic E-state index is -4.98. The van der Waals surface area contributed by atoms with Crippen LogP contribution in [-0.2, 0) is 28.0 Å². The maximum Gasteiger partial charge on any atom is 0.573 e. The average molecular weight is 728 g/mol. The van der Waals surface area contributed by atoms with Crippen LogP contribution in [-0.4, -0.2) is 52.4 Å². The lowest BCUT2D eigenvalue weighted by molar-refractivity contribution is -0.274. The molecule has 0 saturated carbocycles. The second-order valence-electron chi connectivity index (χ2n) is 11.9. The van der Waals surface area contributed by atoms with Crippen molar-refractivity contribution in [2.75, 3.05) is 12.9 Å². The number of alkyl halides is 6. The van der Waals surface area contributed by atoms with E-state index in [1.807, 2.05) is 0 Å². The molecular formula is C33H28F7N3O6S. The Morgan fingerprint density at radius 3 is 2.08 bits per heavy atom. The first-order valence-corrected chi connectivity index (χ1v) is 16.4. The van der Waals surface area contributed by atoms with Gasteiger partial charge in [0, 0.05) is 29.1 Å². The Morgan fingerprint density at radius 1 is 0.900 bits per heavy atom. The van der Waals surface area contributed by atoms with E-state index >= 15 is 4.39 Å². The zero-order valence-electron chi connectivity index (χ0n) is 26.6. The molecule has 2 N–H and O–H groups in total. The van der Waals surface area contributed by atoms with Crippen molar-refractivity contribution >= 4 is 9.84 Å². The lowest BCUT2D eigenvalue weighted by Crippen LogP contribution is -2.22. The monoisotopic (exact) mass is 727 g/mol. The van der Waals surface area contributed by atoms with Crippen LogP contribution >= 0.6 is 0 Å². The van der Waals surface area contributed by atoms with Crippen molar-refractivity contribution in [3.63, 3.8) is 0 Å². The van der Waals surface area contributed by atoms with Crippen molar-refractivity contribution in [3.8, 4) is 45.1 Å². The van der Waals surface area contributed by atoms with E-state index in [-0.39, 0.29) is 51.1 Å². The number of nitrogens with zero attached hydrogens (tertiary/aromatic N) is 3. The van der Waals surface area contributed by atoms with Crippen LogP contribution in [0, 0.1) is 12.7 Å². The van der Waals surface area contributed by atoms with Crippen LogP contribution in [0.1, 0.15) is 36.8 Å². The first-order valence-electron chi connectivity index (χ1n) is 14.5. The van der Waals surface area contributed by atoms with E-state index in [0.29, 0.717) is 0 Å². The Kier molecular flexibility index (Phi) is 9.40. The van der Waals surface area contributed by atoms with E-state index in [1.54, 1.807) is 13.8 Å². The van der Waals surface area contributed by atoms with E-state index in [0.717, 1.165) is 41.3 Å². The van der Waals surface area contributed by atoms with Gasteiger partial charge in [-0.25, -0.2) is 22.8 Å². The van der Waals surface area contributed by atoms with Gasteiger partial charge in [0.1, 0.15) is 23.1 Å². The number of halogens is 7. The molecule has 9 nitrogen and oxygen atoms in total. The predicted molar refractivity (Wildman–Crippen MR) is 165 cm³/mol. The van der Waals surface area contributed by atoms with Crippen LogP contribution in [0.2, 0.25) is 0 Å². The molecule has 5 rings (SSSR count). The van der Waals surface area contributed by atoms with Gasteiger partial charge in [-0.15, -0.1) is 13.2 Å². The van der Waals surface area contributed by atoms with Gasteiger partial charge in [0.25, 0.3) is 0 Å². The summed E-state index contributed by atoms with van der Waals surface area (Å²) >= 11 is 0. The lowest BCUT2D eigenvalue weighted by atomic mass is 9.95. The maximum absolute atomic E-state index is 15.2. The highest BCUT2D eigenvalue weighted by Crippen LogP contribution is 2.42. The van der Waals surface area contributed by atoms with Crippen LogP contribution in [0.15, 0.2) is 70.1 Å². The lowest BCUT2D eigenvalue weighted by Gasteiger charge is -2.16. The molecule has 3 aromatic carbocycles. The van der Waals surface area contributed by atoms with Gasteiger partial charge < -0.3 is 23.9 Å². The molecule has 266 valence electrons. The first kappa shape index (κ1) is 36.5. The summed E-state index contributed by atoms with van der Waals surface area (Å²) in [5.74, 6) is -1.80. The van der Waals surface area contributed by atoms with E-state index < -0.39 is 68.7 Å². The van der Waals surface area contributed by atoms with Crippen LogP contribution in [0.5, 0.6) is 5.75 Å². The summed E-state index contributed by atoms with van der Waals surface area (Å²) in [6.45, 7) is 3.09. The molecule has 5 aromatic rings. The first-order chi connectivity index (χ1) is 23.1. The summed E-state index contributed by atoms with van der Waals surface area (Å²) in [4.78, 5) is 7.74. The Balaban J connectivity index is 1.83. The zero-order chi connectivity index (χ0) is 37.0. The molecule has 0 aliphatic carbocycles. The van der Waals surface area contributed by atoms with Crippen molar-refractivity contribution in [2.45, 2.75) is 50.2 Å². The number of hydrogen-bond donors (Lipinski definition) is 2. The summed E-state index contributed by atoms with van der Waals surface area (Å²) < 4.78 is 131. The number of rotatable bonds is 9. The Morgan fingerprint density at radius 2 is 1.54 bits per heavy atom. The fraction of sp³-hybridized carbons (Fsp3) is 0.273. The van der Waals surface area contributed by atoms with E-state index in [2.05, 4.69) is 14.7 Å². The Hall–Kier alpha value is -4.74. The number of aliphatic hydroxyl groups is 2. The molecule has 0 aliphatic heterocycles. The number of ether oxygens (including phenoxy) is 1. The van der Waals surface area contributed by atoms with Gasteiger partial charge in [0.15, 0.2) is 21.3 Å². The van der Waals surface area contributed by atoms with Gasteiger partial charge in [-0.05, 0) is 80.4 Å². The number of aliphatic hydroxyl groups excluding tert-OH is 2. The van der Waals surface area contributed by atoms with Crippen LogP contribution in [0.4, 0.5) is 30.7 Å². The molecule has 17 heteroatoms. The topological polar surface area (TPSA) is 128 Å².